The van der Waals surface area contributed by atoms with E-state index in [2.05, 4.69) is 0 Å². The predicted octanol–water partition coefficient (Wildman–Crippen LogP) is 3.25. The van der Waals surface area contributed by atoms with E-state index >= 15 is 0 Å². The number of halogens is 6. The van der Waals surface area contributed by atoms with Crippen molar-refractivity contribution in [3.63, 3.8) is 0 Å². The van der Waals surface area contributed by atoms with E-state index < -0.39 is 22.4 Å². The Hall–Kier alpha value is -0.0700. The van der Waals surface area contributed by atoms with Crippen LogP contribution in [0, 0.1) is 0 Å². The largest absolute Gasteiger partial charge is 0.243 e. The minimum absolute atomic E-state index is 0.324. The summed E-state index contributed by atoms with van der Waals surface area (Å²) in [6.45, 7) is 0.324. The Balaban J connectivity index is 4.35. The van der Waals surface area contributed by atoms with E-state index in [1.54, 1.807) is 0 Å². The van der Waals surface area contributed by atoms with Gasteiger partial charge in [-0.15, -0.1) is 15.5 Å². The number of hydrogen-bond donors (Lipinski definition) is 1. The van der Waals surface area contributed by atoms with Crippen LogP contribution in [0.5, 0.6) is 0 Å². The van der Waals surface area contributed by atoms with E-state index in [0.717, 1.165) is 0 Å². The summed E-state index contributed by atoms with van der Waals surface area (Å²) >= 11 is 0. The second-order valence-corrected chi connectivity index (χ2v) is 3.86. The molecule has 0 bridgehead atoms. The van der Waals surface area contributed by atoms with E-state index in [0.29, 0.717) is 6.92 Å². The lowest BCUT2D eigenvalue weighted by atomic mass is 10.5. The van der Waals surface area contributed by atoms with Crippen molar-refractivity contribution >= 4 is 10.7 Å². The molecule has 0 aromatic heterocycles. The number of alkyl halides is 2. The van der Waals surface area contributed by atoms with E-state index in [-0.39, 0.29) is 0 Å². The molecule has 7 heteroatoms. The summed E-state index contributed by atoms with van der Waals surface area (Å²) in [5, 5.41) is 0. The van der Waals surface area contributed by atoms with Crippen LogP contribution in [0.1, 0.15) is 6.92 Å². The molecular weight excluding hydrogens is 182 g/mol. The average molecular weight is 188 g/mol. The SMILES string of the molecule is CC(F)C(F)[SH](F)(F)(F)F. The lowest BCUT2D eigenvalue weighted by Gasteiger charge is -2.32. The Labute approximate surface area is 54.7 Å². The molecule has 0 fully saturated rings. The lowest BCUT2D eigenvalue weighted by molar-refractivity contribution is 0.218. The number of thiol groups is 1. The van der Waals surface area contributed by atoms with Gasteiger partial charge in [0, 0.05) is 0 Å². The Bertz CT molecular complexity index is 115. The first kappa shape index (κ1) is 9.93. The summed E-state index contributed by atoms with van der Waals surface area (Å²) in [6, 6.07) is 0. The van der Waals surface area contributed by atoms with Crippen LogP contribution in [0.15, 0.2) is 0 Å². The van der Waals surface area contributed by atoms with Crippen molar-refractivity contribution in [2.24, 2.45) is 0 Å². The van der Waals surface area contributed by atoms with Gasteiger partial charge in [0.05, 0.1) is 0 Å². The van der Waals surface area contributed by atoms with Crippen molar-refractivity contribution in [1.82, 2.24) is 0 Å². The summed E-state index contributed by atoms with van der Waals surface area (Å²) in [7, 11) is -8.32. The second kappa shape index (κ2) is 2.21. The molecule has 0 N–H and O–H groups in total. The third kappa shape index (κ3) is 2.68. The van der Waals surface area contributed by atoms with Crippen molar-refractivity contribution < 1.29 is 24.3 Å². The molecule has 0 aromatic rings. The molecule has 0 heterocycles. The highest BCUT2D eigenvalue weighted by molar-refractivity contribution is 8.33. The minimum Gasteiger partial charge on any atom is -0.243 e. The fourth-order valence-electron chi connectivity index (χ4n) is 0.311. The van der Waals surface area contributed by atoms with Gasteiger partial charge in [-0.1, -0.05) is 0 Å². The smallest absolute Gasteiger partial charge is 0.237 e. The lowest BCUT2D eigenvalue weighted by Crippen LogP contribution is -2.19. The second-order valence-electron chi connectivity index (χ2n) is 1.82. The Kier molecular flexibility index (Phi) is 2.20. The van der Waals surface area contributed by atoms with Crippen LogP contribution in [0.2, 0.25) is 0 Å². The molecule has 0 nitrogen and oxygen atoms in total. The van der Waals surface area contributed by atoms with E-state index in [1.165, 1.54) is 0 Å². The van der Waals surface area contributed by atoms with Gasteiger partial charge in [-0.05, 0) is 6.92 Å². The van der Waals surface area contributed by atoms with Gasteiger partial charge in [0.15, 0.2) is 10.7 Å². The maximum atomic E-state index is 11.6. The van der Waals surface area contributed by atoms with Crippen molar-refractivity contribution in [2.75, 3.05) is 0 Å². The van der Waals surface area contributed by atoms with Crippen LogP contribution in [-0.4, -0.2) is 11.7 Å². The summed E-state index contributed by atoms with van der Waals surface area (Å²) in [4.78, 5) is 0. The predicted molar refractivity (Wildman–Crippen MR) is 28.9 cm³/mol. The first-order valence-electron chi connectivity index (χ1n) is 2.28. The topological polar surface area (TPSA) is 0 Å². The Morgan fingerprint density at radius 2 is 1.30 bits per heavy atom. The highest BCUT2D eigenvalue weighted by Gasteiger charge is 2.50. The fraction of sp³-hybridized carbons (Fsp3) is 1.00. The minimum atomic E-state index is -8.32. The third-order valence-corrected chi connectivity index (χ3v) is 1.91. The van der Waals surface area contributed by atoms with Crippen LogP contribution < -0.4 is 0 Å². The van der Waals surface area contributed by atoms with Crippen LogP contribution in [0.3, 0.4) is 0 Å². The first-order chi connectivity index (χ1) is 4.11. The monoisotopic (exact) mass is 188 g/mol. The van der Waals surface area contributed by atoms with Crippen LogP contribution in [0.25, 0.3) is 0 Å². The van der Waals surface area contributed by atoms with Crippen LogP contribution in [0.4, 0.5) is 24.3 Å². The number of hydrogen-bond acceptors (Lipinski definition) is 0. The summed E-state index contributed by atoms with van der Waals surface area (Å²) in [5.41, 5.74) is -3.94. The molecule has 0 rings (SSSR count). The third-order valence-electron chi connectivity index (χ3n) is 0.752. The van der Waals surface area contributed by atoms with Gasteiger partial charge in [-0.25, -0.2) is 8.78 Å². The molecule has 0 radical (unpaired) electrons. The van der Waals surface area contributed by atoms with Crippen LogP contribution in [-0.2, 0) is 0 Å². The maximum Gasteiger partial charge on any atom is 0.237 e. The van der Waals surface area contributed by atoms with Gasteiger partial charge >= 0.3 is 0 Å². The van der Waals surface area contributed by atoms with Crippen molar-refractivity contribution in [3.8, 4) is 0 Å². The molecule has 0 saturated heterocycles. The van der Waals surface area contributed by atoms with E-state index in [9.17, 15) is 24.3 Å². The molecule has 0 aliphatic heterocycles. The molecule has 2 atom stereocenters. The first-order valence-corrected chi connectivity index (χ1v) is 4.15. The molecule has 0 aliphatic rings. The normalized spacial score (nSPS) is 22.9. The van der Waals surface area contributed by atoms with E-state index in [4.69, 9.17) is 0 Å². The molecule has 10 heavy (non-hydrogen) atoms. The zero-order valence-electron chi connectivity index (χ0n) is 4.87. The van der Waals surface area contributed by atoms with Gasteiger partial charge in [0.25, 0.3) is 0 Å². The van der Waals surface area contributed by atoms with E-state index in [1.807, 2.05) is 0 Å². The molecule has 0 aromatic carbocycles. The molecule has 2 unspecified atom stereocenters. The van der Waals surface area contributed by atoms with Gasteiger partial charge in [0.1, 0.15) is 6.17 Å². The molecular formula is C3H6F6S. The standard InChI is InChI=1S/C3H6F6S/c1-2(4)3(5)10(6,7,8)9/h2-3,10H,1H3. The quantitative estimate of drug-likeness (QED) is 0.499. The molecule has 0 saturated carbocycles. The summed E-state index contributed by atoms with van der Waals surface area (Å²) in [5.74, 6) is 0. The molecule has 0 aliphatic carbocycles. The number of rotatable bonds is 2. The average Bonchev–Trinajstić information content (AvgIpc) is 1.59. The van der Waals surface area contributed by atoms with Crippen molar-refractivity contribution in [1.29, 1.82) is 0 Å². The maximum absolute atomic E-state index is 11.6. The summed E-state index contributed by atoms with van der Waals surface area (Å²) < 4.78 is 68.1. The van der Waals surface area contributed by atoms with Crippen molar-refractivity contribution in [2.45, 2.75) is 18.6 Å². The summed E-state index contributed by atoms with van der Waals surface area (Å²) in [6.07, 6.45) is -2.83. The Morgan fingerprint density at radius 1 is 1.00 bits per heavy atom. The Morgan fingerprint density at radius 3 is 1.30 bits per heavy atom. The zero-order chi connectivity index (χ0) is 8.60. The molecule has 66 valence electrons. The van der Waals surface area contributed by atoms with Gasteiger partial charge in [-0.2, -0.15) is 0 Å². The van der Waals surface area contributed by atoms with Gasteiger partial charge < -0.3 is 0 Å². The molecule has 0 spiro atoms. The van der Waals surface area contributed by atoms with Gasteiger partial charge in [-0.3, -0.25) is 0 Å². The zero-order valence-corrected chi connectivity index (χ0v) is 5.76. The van der Waals surface area contributed by atoms with Crippen LogP contribution >= 0.6 is 10.7 Å². The van der Waals surface area contributed by atoms with Crippen molar-refractivity contribution in [3.05, 3.63) is 0 Å². The highest BCUT2D eigenvalue weighted by Crippen LogP contribution is 2.80. The molecule has 0 amide bonds. The highest BCUT2D eigenvalue weighted by atomic mass is 32.4. The fourth-order valence-corrected chi connectivity index (χ4v) is 0.932. The van der Waals surface area contributed by atoms with Gasteiger partial charge in [0.2, 0.25) is 5.50 Å².